The summed E-state index contributed by atoms with van der Waals surface area (Å²) in [5.41, 5.74) is 2.03. The number of halogens is 1. The number of nitrogens with zero attached hydrogens (tertiary/aromatic N) is 1. The van der Waals surface area contributed by atoms with Gasteiger partial charge in [0.15, 0.2) is 0 Å². The van der Waals surface area contributed by atoms with Gasteiger partial charge in [-0.05, 0) is 68.5 Å². The molecule has 2 saturated heterocycles. The molecule has 0 unspecified atom stereocenters. The van der Waals surface area contributed by atoms with Crippen molar-refractivity contribution in [2.75, 3.05) is 31.1 Å². The van der Waals surface area contributed by atoms with Crippen molar-refractivity contribution in [1.29, 1.82) is 0 Å². The monoisotopic (exact) mass is 308 g/mol. The Hall–Kier alpha value is -0.540. The van der Waals surface area contributed by atoms with Crippen LogP contribution >= 0.6 is 15.9 Å². The Labute approximate surface area is 118 Å². The van der Waals surface area contributed by atoms with E-state index in [9.17, 15) is 0 Å². The first-order valence-corrected chi connectivity index (χ1v) is 7.78. The van der Waals surface area contributed by atoms with Crippen LogP contribution in [0.25, 0.3) is 0 Å². The molecule has 2 nitrogen and oxygen atoms in total. The molecule has 18 heavy (non-hydrogen) atoms. The number of nitrogens with one attached hydrogen (secondary N) is 1. The van der Waals surface area contributed by atoms with Crippen molar-refractivity contribution in [3.63, 3.8) is 0 Å². The summed E-state index contributed by atoms with van der Waals surface area (Å²) in [6.07, 6.45) is 5.48. The Morgan fingerprint density at radius 2 is 1.56 bits per heavy atom. The van der Waals surface area contributed by atoms with Gasteiger partial charge in [0.2, 0.25) is 0 Å². The van der Waals surface area contributed by atoms with Gasteiger partial charge in [-0.3, -0.25) is 0 Å². The average Bonchev–Trinajstić information content (AvgIpc) is 2.42. The maximum Gasteiger partial charge on any atom is 0.0366 e. The fourth-order valence-corrected chi connectivity index (χ4v) is 3.61. The van der Waals surface area contributed by atoms with Crippen molar-refractivity contribution >= 4 is 21.6 Å². The quantitative estimate of drug-likeness (QED) is 0.855. The van der Waals surface area contributed by atoms with Gasteiger partial charge < -0.3 is 10.2 Å². The standard InChI is InChI=1S/C15H21BrN2/c16-13-1-3-14(4-2-13)18-11-7-15(8-12-18)5-9-17-10-6-15/h1-4,17H,5-12H2. The summed E-state index contributed by atoms with van der Waals surface area (Å²) in [6, 6.07) is 8.74. The van der Waals surface area contributed by atoms with Gasteiger partial charge in [-0.25, -0.2) is 0 Å². The van der Waals surface area contributed by atoms with Crippen molar-refractivity contribution < 1.29 is 0 Å². The van der Waals surface area contributed by atoms with E-state index in [2.05, 4.69) is 50.4 Å². The highest BCUT2D eigenvalue weighted by atomic mass is 79.9. The summed E-state index contributed by atoms with van der Waals surface area (Å²) in [5.74, 6) is 0. The third kappa shape index (κ3) is 2.57. The predicted molar refractivity (Wildman–Crippen MR) is 80.1 cm³/mol. The molecule has 2 heterocycles. The Balaban J connectivity index is 1.64. The molecule has 98 valence electrons. The lowest BCUT2D eigenvalue weighted by molar-refractivity contribution is 0.155. The summed E-state index contributed by atoms with van der Waals surface area (Å²) >= 11 is 3.50. The van der Waals surface area contributed by atoms with Gasteiger partial charge in [0.1, 0.15) is 0 Å². The van der Waals surface area contributed by atoms with Gasteiger partial charge in [0.05, 0.1) is 0 Å². The molecule has 3 heteroatoms. The van der Waals surface area contributed by atoms with Gasteiger partial charge in [-0.1, -0.05) is 15.9 Å². The smallest absolute Gasteiger partial charge is 0.0366 e. The fraction of sp³-hybridized carbons (Fsp3) is 0.600. The van der Waals surface area contributed by atoms with Crippen LogP contribution in [-0.2, 0) is 0 Å². The van der Waals surface area contributed by atoms with Crippen molar-refractivity contribution in [1.82, 2.24) is 5.32 Å². The Bertz CT molecular complexity index is 385. The summed E-state index contributed by atoms with van der Waals surface area (Å²) < 4.78 is 1.16. The van der Waals surface area contributed by atoms with Crippen LogP contribution in [0, 0.1) is 5.41 Å². The van der Waals surface area contributed by atoms with E-state index in [1.165, 1.54) is 57.5 Å². The number of hydrogen-bond donors (Lipinski definition) is 1. The van der Waals surface area contributed by atoms with Crippen LogP contribution in [0.1, 0.15) is 25.7 Å². The van der Waals surface area contributed by atoms with Crippen LogP contribution in [0.5, 0.6) is 0 Å². The third-order valence-corrected chi connectivity index (χ3v) is 5.21. The van der Waals surface area contributed by atoms with Crippen LogP contribution in [0.4, 0.5) is 5.69 Å². The first-order chi connectivity index (χ1) is 8.77. The van der Waals surface area contributed by atoms with E-state index in [0.29, 0.717) is 5.41 Å². The van der Waals surface area contributed by atoms with Gasteiger partial charge in [-0.2, -0.15) is 0 Å². The molecule has 1 aromatic carbocycles. The third-order valence-electron chi connectivity index (χ3n) is 4.68. The van der Waals surface area contributed by atoms with E-state index in [-0.39, 0.29) is 0 Å². The number of anilines is 1. The Morgan fingerprint density at radius 3 is 2.17 bits per heavy atom. The van der Waals surface area contributed by atoms with E-state index in [1.807, 2.05) is 0 Å². The molecule has 0 amide bonds. The van der Waals surface area contributed by atoms with Crippen molar-refractivity contribution in [2.24, 2.45) is 5.41 Å². The zero-order valence-corrected chi connectivity index (χ0v) is 12.4. The molecule has 2 aliphatic heterocycles. The van der Waals surface area contributed by atoms with Crippen molar-refractivity contribution in [2.45, 2.75) is 25.7 Å². The zero-order valence-electron chi connectivity index (χ0n) is 10.8. The van der Waals surface area contributed by atoms with E-state index in [4.69, 9.17) is 0 Å². The molecule has 0 aliphatic carbocycles. The highest BCUT2D eigenvalue weighted by Gasteiger charge is 2.35. The van der Waals surface area contributed by atoms with Crippen LogP contribution in [-0.4, -0.2) is 26.2 Å². The second-order valence-corrected chi connectivity index (χ2v) is 6.63. The van der Waals surface area contributed by atoms with Gasteiger partial charge in [-0.15, -0.1) is 0 Å². The maximum absolute atomic E-state index is 3.50. The maximum atomic E-state index is 3.50. The summed E-state index contributed by atoms with van der Waals surface area (Å²) in [6.45, 7) is 4.89. The average molecular weight is 309 g/mol. The molecule has 3 rings (SSSR count). The lowest BCUT2D eigenvalue weighted by atomic mass is 9.71. The van der Waals surface area contributed by atoms with Gasteiger partial charge in [0, 0.05) is 23.2 Å². The molecular weight excluding hydrogens is 288 g/mol. The van der Waals surface area contributed by atoms with E-state index in [1.54, 1.807) is 0 Å². The van der Waals surface area contributed by atoms with Crippen molar-refractivity contribution in [3.8, 4) is 0 Å². The Morgan fingerprint density at radius 1 is 0.944 bits per heavy atom. The largest absolute Gasteiger partial charge is 0.371 e. The summed E-state index contributed by atoms with van der Waals surface area (Å²) in [7, 11) is 0. The van der Waals surface area contributed by atoms with E-state index >= 15 is 0 Å². The van der Waals surface area contributed by atoms with Gasteiger partial charge in [0.25, 0.3) is 0 Å². The first-order valence-electron chi connectivity index (χ1n) is 6.99. The lowest BCUT2D eigenvalue weighted by Gasteiger charge is -2.45. The number of piperidine rings is 2. The van der Waals surface area contributed by atoms with Crippen LogP contribution in [0.2, 0.25) is 0 Å². The molecule has 0 saturated carbocycles. The predicted octanol–water partition coefficient (Wildman–Crippen LogP) is 3.42. The molecule has 2 aliphatic rings. The molecule has 1 spiro atoms. The SMILES string of the molecule is Brc1ccc(N2CCC3(CCNCC3)CC2)cc1. The van der Waals surface area contributed by atoms with Crippen LogP contribution in [0.15, 0.2) is 28.7 Å². The minimum Gasteiger partial charge on any atom is -0.371 e. The normalized spacial score (nSPS) is 23.3. The second-order valence-electron chi connectivity index (χ2n) is 5.71. The summed E-state index contributed by atoms with van der Waals surface area (Å²) in [4.78, 5) is 2.54. The van der Waals surface area contributed by atoms with Crippen LogP contribution in [0.3, 0.4) is 0 Å². The highest BCUT2D eigenvalue weighted by molar-refractivity contribution is 9.10. The van der Waals surface area contributed by atoms with Crippen LogP contribution < -0.4 is 10.2 Å². The van der Waals surface area contributed by atoms with Crippen molar-refractivity contribution in [3.05, 3.63) is 28.7 Å². The summed E-state index contributed by atoms with van der Waals surface area (Å²) in [5, 5.41) is 3.49. The molecule has 2 fully saturated rings. The second kappa shape index (κ2) is 5.22. The highest BCUT2D eigenvalue weighted by Crippen LogP contribution is 2.40. The lowest BCUT2D eigenvalue weighted by Crippen LogP contribution is -2.45. The first kappa shape index (κ1) is 12.5. The molecular formula is C15H21BrN2. The molecule has 1 N–H and O–H groups in total. The van der Waals surface area contributed by atoms with E-state index < -0.39 is 0 Å². The fourth-order valence-electron chi connectivity index (χ4n) is 3.35. The van der Waals surface area contributed by atoms with E-state index in [0.717, 1.165) is 4.47 Å². The molecule has 1 aromatic rings. The Kier molecular flexibility index (Phi) is 3.62. The number of rotatable bonds is 1. The molecule has 0 atom stereocenters. The zero-order chi connectivity index (χ0) is 12.4. The number of hydrogen-bond acceptors (Lipinski definition) is 2. The minimum atomic E-state index is 0.650. The molecule has 0 bridgehead atoms. The minimum absolute atomic E-state index is 0.650. The molecule has 0 radical (unpaired) electrons. The van der Waals surface area contributed by atoms with Gasteiger partial charge >= 0.3 is 0 Å². The molecule has 0 aromatic heterocycles. The topological polar surface area (TPSA) is 15.3 Å². The number of benzene rings is 1.